The molecule has 2 N–H and O–H groups in total. The molecule has 1 aromatic heterocycles. The van der Waals surface area contributed by atoms with Crippen LogP contribution in [0.15, 0.2) is 48.7 Å². The van der Waals surface area contributed by atoms with Crippen LogP contribution in [0.2, 0.25) is 0 Å². The fourth-order valence-electron chi connectivity index (χ4n) is 1.81. The number of nitrogens with zero attached hydrogens (tertiary/aromatic N) is 1. The SMILES string of the molecule is COc1ccccc1NC(=O)NC(C)c1ccccn1. The minimum Gasteiger partial charge on any atom is -0.495 e. The highest BCUT2D eigenvalue weighted by Gasteiger charge is 2.11. The maximum Gasteiger partial charge on any atom is 0.319 e. The molecule has 0 aliphatic heterocycles. The molecule has 104 valence electrons. The van der Waals surface area contributed by atoms with E-state index in [2.05, 4.69) is 15.6 Å². The molecule has 5 nitrogen and oxygen atoms in total. The molecule has 0 radical (unpaired) electrons. The Morgan fingerprint density at radius 1 is 1.20 bits per heavy atom. The second-order valence-corrected chi connectivity index (χ2v) is 4.28. The molecule has 0 bridgehead atoms. The molecule has 2 rings (SSSR count). The van der Waals surface area contributed by atoms with E-state index in [4.69, 9.17) is 4.74 Å². The van der Waals surface area contributed by atoms with Gasteiger partial charge in [0.2, 0.25) is 0 Å². The average Bonchev–Trinajstić information content (AvgIpc) is 2.48. The molecule has 5 heteroatoms. The van der Waals surface area contributed by atoms with Gasteiger partial charge in [0.15, 0.2) is 0 Å². The molecule has 1 aromatic carbocycles. The highest BCUT2D eigenvalue weighted by atomic mass is 16.5. The average molecular weight is 271 g/mol. The number of anilines is 1. The Kier molecular flexibility index (Phi) is 4.55. The zero-order valence-corrected chi connectivity index (χ0v) is 11.5. The van der Waals surface area contributed by atoms with Crippen LogP contribution < -0.4 is 15.4 Å². The Balaban J connectivity index is 1.99. The van der Waals surface area contributed by atoms with Crippen molar-refractivity contribution in [2.45, 2.75) is 13.0 Å². The quantitative estimate of drug-likeness (QED) is 0.898. The van der Waals surface area contributed by atoms with Crippen molar-refractivity contribution in [3.8, 4) is 5.75 Å². The van der Waals surface area contributed by atoms with E-state index in [1.165, 1.54) is 0 Å². The van der Waals surface area contributed by atoms with Gasteiger partial charge >= 0.3 is 6.03 Å². The number of hydrogen-bond acceptors (Lipinski definition) is 3. The van der Waals surface area contributed by atoms with Crippen molar-refractivity contribution in [3.63, 3.8) is 0 Å². The molecule has 0 aliphatic rings. The number of benzene rings is 1. The highest BCUT2D eigenvalue weighted by Crippen LogP contribution is 2.23. The predicted molar refractivity (Wildman–Crippen MR) is 77.8 cm³/mol. The number of carbonyl (C=O) groups is 1. The number of pyridine rings is 1. The lowest BCUT2D eigenvalue weighted by Crippen LogP contribution is -2.31. The number of hydrogen-bond donors (Lipinski definition) is 2. The summed E-state index contributed by atoms with van der Waals surface area (Å²) in [6.07, 6.45) is 1.70. The fraction of sp³-hybridized carbons (Fsp3) is 0.200. The third-order valence-corrected chi connectivity index (χ3v) is 2.83. The normalized spacial score (nSPS) is 11.5. The molecule has 1 atom stereocenters. The third-order valence-electron chi connectivity index (χ3n) is 2.83. The number of ether oxygens (including phenoxy) is 1. The number of amides is 2. The van der Waals surface area contributed by atoms with E-state index in [1.54, 1.807) is 25.4 Å². The van der Waals surface area contributed by atoms with Gasteiger partial charge in [-0.2, -0.15) is 0 Å². The van der Waals surface area contributed by atoms with Crippen LogP contribution in [0, 0.1) is 0 Å². The Morgan fingerprint density at radius 2 is 1.95 bits per heavy atom. The molecular formula is C15H17N3O2. The van der Waals surface area contributed by atoms with Gasteiger partial charge in [-0.05, 0) is 31.2 Å². The van der Waals surface area contributed by atoms with Crippen LogP contribution in [0.5, 0.6) is 5.75 Å². The maximum atomic E-state index is 12.0. The molecule has 0 saturated carbocycles. The first-order chi connectivity index (χ1) is 9.70. The number of urea groups is 1. The van der Waals surface area contributed by atoms with Crippen LogP contribution in [0.25, 0.3) is 0 Å². The molecule has 1 unspecified atom stereocenters. The van der Waals surface area contributed by atoms with E-state index in [-0.39, 0.29) is 12.1 Å². The summed E-state index contributed by atoms with van der Waals surface area (Å²) < 4.78 is 5.18. The van der Waals surface area contributed by atoms with Crippen molar-refractivity contribution in [2.24, 2.45) is 0 Å². The van der Waals surface area contributed by atoms with E-state index in [9.17, 15) is 4.79 Å². The number of nitrogens with one attached hydrogen (secondary N) is 2. The fourth-order valence-corrected chi connectivity index (χ4v) is 1.81. The second kappa shape index (κ2) is 6.56. The summed E-state index contributed by atoms with van der Waals surface area (Å²) in [4.78, 5) is 16.2. The molecule has 0 fully saturated rings. The summed E-state index contributed by atoms with van der Waals surface area (Å²) in [6.45, 7) is 1.88. The van der Waals surface area contributed by atoms with Gasteiger partial charge in [-0.15, -0.1) is 0 Å². The predicted octanol–water partition coefficient (Wildman–Crippen LogP) is 2.97. The summed E-state index contributed by atoms with van der Waals surface area (Å²) in [5, 5.41) is 5.59. The lowest BCUT2D eigenvalue weighted by atomic mass is 10.2. The number of carbonyl (C=O) groups excluding carboxylic acids is 1. The monoisotopic (exact) mass is 271 g/mol. The van der Waals surface area contributed by atoms with Crippen molar-refractivity contribution in [2.75, 3.05) is 12.4 Å². The second-order valence-electron chi connectivity index (χ2n) is 4.28. The summed E-state index contributed by atoms with van der Waals surface area (Å²) in [5.74, 6) is 0.619. The van der Waals surface area contributed by atoms with Gasteiger partial charge in [-0.3, -0.25) is 4.98 Å². The van der Waals surface area contributed by atoms with E-state index < -0.39 is 0 Å². The van der Waals surface area contributed by atoms with Gasteiger partial charge in [-0.1, -0.05) is 18.2 Å². The van der Waals surface area contributed by atoms with E-state index in [1.807, 2.05) is 37.3 Å². The molecule has 0 spiro atoms. The number of aromatic nitrogens is 1. The smallest absolute Gasteiger partial charge is 0.319 e. The minimum atomic E-state index is -0.298. The highest BCUT2D eigenvalue weighted by molar-refractivity contribution is 5.91. The summed E-state index contributed by atoms with van der Waals surface area (Å²) in [7, 11) is 1.56. The van der Waals surface area contributed by atoms with Crippen molar-refractivity contribution in [1.82, 2.24) is 10.3 Å². The van der Waals surface area contributed by atoms with Crippen molar-refractivity contribution in [3.05, 3.63) is 54.4 Å². The number of rotatable bonds is 4. The van der Waals surface area contributed by atoms with E-state index in [0.29, 0.717) is 11.4 Å². The van der Waals surface area contributed by atoms with Gasteiger partial charge in [0.05, 0.1) is 24.5 Å². The van der Waals surface area contributed by atoms with E-state index >= 15 is 0 Å². The largest absolute Gasteiger partial charge is 0.495 e. The Labute approximate surface area is 118 Å². The lowest BCUT2D eigenvalue weighted by molar-refractivity contribution is 0.249. The molecule has 1 heterocycles. The van der Waals surface area contributed by atoms with Crippen LogP contribution in [-0.2, 0) is 0 Å². The Morgan fingerprint density at radius 3 is 2.65 bits per heavy atom. The van der Waals surface area contributed by atoms with Crippen molar-refractivity contribution in [1.29, 1.82) is 0 Å². The number of para-hydroxylation sites is 2. The molecule has 0 aliphatic carbocycles. The van der Waals surface area contributed by atoms with Crippen molar-refractivity contribution >= 4 is 11.7 Å². The number of methoxy groups -OCH3 is 1. The molecule has 2 aromatic rings. The maximum absolute atomic E-state index is 12.0. The van der Waals surface area contributed by atoms with Crippen LogP contribution in [0.4, 0.5) is 10.5 Å². The van der Waals surface area contributed by atoms with Gasteiger partial charge in [0.1, 0.15) is 5.75 Å². The Hall–Kier alpha value is -2.56. The first-order valence-electron chi connectivity index (χ1n) is 6.32. The molecule has 20 heavy (non-hydrogen) atoms. The molecule has 2 amide bonds. The van der Waals surface area contributed by atoms with Crippen LogP contribution in [-0.4, -0.2) is 18.1 Å². The van der Waals surface area contributed by atoms with Crippen LogP contribution in [0.1, 0.15) is 18.7 Å². The topological polar surface area (TPSA) is 63.2 Å². The first-order valence-corrected chi connectivity index (χ1v) is 6.32. The van der Waals surface area contributed by atoms with Gasteiger partial charge in [0.25, 0.3) is 0 Å². The summed E-state index contributed by atoms with van der Waals surface area (Å²) in [5.41, 5.74) is 1.43. The van der Waals surface area contributed by atoms with Gasteiger partial charge in [0, 0.05) is 6.20 Å². The molecular weight excluding hydrogens is 254 g/mol. The van der Waals surface area contributed by atoms with Crippen molar-refractivity contribution < 1.29 is 9.53 Å². The standard InChI is InChI=1S/C15H17N3O2/c1-11(12-7-5-6-10-16-12)17-15(19)18-13-8-3-4-9-14(13)20-2/h3-11H,1-2H3,(H2,17,18,19). The molecule has 0 saturated heterocycles. The zero-order chi connectivity index (χ0) is 14.4. The summed E-state index contributed by atoms with van der Waals surface area (Å²) >= 11 is 0. The van der Waals surface area contributed by atoms with Gasteiger partial charge < -0.3 is 15.4 Å². The first kappa shape index (κ1) is 13.9. The minimum absolute atomic E-state index is 0.175. The van der Waals surface area contributed by atoms with Gasteiger partial charge in [-0.25, -0.2) is 4.79 Å². The third kappa shape index (κ3) is 3.47. The summed E-state index contributed by atoms with van der Waals surface area (Å²) in [6, 6.07) is 12.4. The Bertz CT molecular complexity index is 572. The van der Waals surface area contributed by atoms with Crippen LogP contribution in [0.3, 0.4) is 0 Å². The van der Waals surface area contributed by atoms with Crippen LogP contribution >= 0.6 is 0 Å². The lowest BCUT2D eigenvalue weighted by Gasteiger charge is -2.15. The van der Waals surface area contributed by atoms with E-state index in [0.717, 1.165) is 5.69 Å². The zero-order valence-electron chi connectivity index (χ0n) is 11.5.